The molecule has 0 aliphatic carbocycles. The quantitative estimate of drug-likeness (QED) is 0.627. The number of nitrogens with two attached hydrogens (primary N) is 1. The minimum atomic E-state index is -0.619. The molecular formula is C12H17NO3. The zero-order valence-electron chi connectivity index (χ0n) is 10.0. The van der Waals surface area contributed by atoms with Crippen LogP contribution in [-0.2, 0) is 9.53 Å². The Hall–Kier alpha value is -1.71. The minimum absolute atomic E-state index is 0.395. The number of rotatable bonds is 3. The van der Waals surface area contributed by atoms with Gasteiger partial charge in [0.25, 0.3) is 0 Å². The van der Waals surface area contributed by atoms with Gasteiger partial charge in [0.1, 0.15) is 5.75 Å². The molecule has 0 heterocycles. The number of nitrogen functional groups attached to an aromatic ring is 1. The number of ether oxygens (including phenoxy) is 2. The Labute approximate surface area is 95.3 Å². The van der Waals surface area contributed by atoms with Gasteiger partial charge in [-0.3, -0.25) is 0 Å². The number of carbonyl (C=O) groups is 1. The molecule has 0 aromatic heterocycles. The minimum Gasteiger partial charge on any atom is -0.479 e. The van der Waals surface area contributed by atoms with E-state index in [-0.39, 0.29) is 0 Å². The summed E-state index contributed by atoms with van der Waals surface area (Å²) in [6.07, 6.45) is -0.619. The van der Waals surface area contributed by atoms with Crippen LogP contribution >= 0.6 is 0 Å². The van der Waals surface area contributed by atoms with Gasteiger partial charge in [0.2, 0.25) is 0 Å². The van der Waals surface area contributed by atoms with E-state index in [0.717, 1.165) is 16.8 Å². The number of esters is 1. The van der Waals surface area contributed by atoms with E-state index in [4.69, 9.17) is 10.5 Å². The fourth-order valence-electron chi connectivity index (χ4n) is 1.34. The van der Waals surface area contributed by atoms with Gasteiger partial charge in [-0.15, -0.1) is 0 Å². The van der Waals surface area contributed by atoms with Crippen molar-refractivity contribution in [2.24, 2.45) is 0 Å². The van der Waals surface area contributed by atoms with Gasteiger partial charge in [-0.1, -0.05) is 0 Å². The second-order valence-corrected chi connectivity index (χ2v) is 3.76. The maximum absolute atomic E-state index is 11.2. The highest BCUT2D eigenvalue weighted by Crippen LogP contribution is 2.25. The van der Waals surface area contributed by atoms with Gasteiger partial charge in [-0.05, 0) is 44.0 Å². The van der Waals surface area contributed by atoms with Gasteiger partial charge < -0.3 is 15.2 Å². The van der Waals surface area contributed by atoms with Crippen LogP contribution in [0.5, 0.6) is 5.75 Å². The Morgan fingerprint density at radius 1 is 1.31 bits per heavy atom. The number of aryl methyl sites for hydroxylation is 2. The summed E-state index contributed by atoms with van der Waals surface area (Å²) >= 11 is 0. The predicted octanol–water partition coefficient (Wildman–Crippen LogP) is 1.83. The molecule has 0 aliphatic rings. The van der Waals surface area contributed by atoms with Crippen molar-refractivity contribution >= 4 is 11.7 Å². The van der Waals surface area contributed by atoms with E-state index in [0.29, 0.717) is 5.75 Å². The highest BCUT2D eigenvalue weighted by Gasteiger charge is 2.16. The largest absolute Gasteiger partial charge is 0.479 e. The van der Waals surface area contributed by atoms with Crippen molar-refractivity contribution in [3.05, 3.63) is 23.3 Å². The van der Waals surface area contributed by atoms with Gasteiger partial charge in [0.05, 0.1) is 7.11 Å². The van der Waals surface area contributed by atoms with E-state index in [9.17, 15) is 4.79 Å². The van der Waals surface area contributed by atoms with E-state index < -0.39 is 12.1 Å². The first-order valence-electron chi connectivity index (χ1n) is 5.07. The Bertz CT molecular complexity index is 401. The lowest BCUT2D eigenvalue weighted by molar-refractivity contribution is -0.147. The molecule has 0 radical (unpaired) electrons. The van der Waals surface area contributed by atoms with Crippen LogP contribution in [-0.4, -0.2) is 19.2 Å². The lowest BCUT2D eigenvalue weighted by atomic mass is 10.1. The predicted molar refractivity (Wildman–Crippen MR) is 62.4 cm³/mol. The topological polar surface area (TPSA) is 61.5 Å². The second kappa shape index (κ2) is 4.88. The third kappa shape index (κ3) is 2.66. The van der Waals surface area contributed by atoms with Gasteiger partial charge in [-0.2, -0.15) is 0 Å². The smallest absolute Gasteiger partial charge is 0.346 e. The summed E-state index contributed by atoms with van der Waals surface area (Å²) in [7, 11) is 1.34. The maximum Gasteiger partial charge on any atom is 0.346 e. The van der Waals surface area contributed by atoms with Crippen LogP contribution in [0, 0.1) is 13.8 Å². The summed E-state index contributed by atoms with van der Waals surface area (Å²) in [4.78, 5) is 11.2. The Morgan fingerprint density at radius 2 is 1.94 bits per heavy atom. The van der Waals surface area contributed by atoms with Crippen LogP contribution in [0.2, 0.25) is 0 Å². The van der Waals surface area contributed by atoms with Crippen molar-refractivity contribution in [3.8, 4) is 5.75 Å². The Kier molecular flexibility index (Phi) is 3.77. The molecule has 0 amide bonds. The van der Waals surface area contributed by atoms with Gasteiger partial charge in [0.15, 0.2) is 6.10 Å². The van der Waals surface area contributed by atoms with Crippen molar-refractivity contribution in [1.82, 2.24) is 0 Å². The van der Waals surface area contributed by atoms with E-state index in [1.54, 1.807) is 6.92 Å². The number of hydrogen-bond acceptors (Lipinski definition) is 4. The van der Waals surface area contributed by atoms with Crippen molar-refractivity contribution < 1.29 is 14.3 Å². The summed E-state index contributed by atoms with van der Waals surface area (Å²) in [5, 5.41) is 0. The van der Waals surface area contributed by atoms with Crippen LogP contribution in [0.25, 0.3) is 0 Å². The average Bonchev–Trinajstić information content (AvgIpc) is 2.24. The number of methoxy groups -OCH3 is 1. The molecule has 0 saturated carbocycles. The third-order valence-electron chi connectivity index (χ3n) is 2.40. The summed E-state index contributed by atoms with van der Waals surface area (Å²) in [5.41, 5.74) is 8.31. The first-order chi connectivity index (χ1) is 7.45. The lowest BCUT2D eigenvalue weighted by Gasteiger charge is -2.15. The fourth-order valence-corrected chi connectivity index (χ4v) is 1.34. The molecule has 4 nitrogen and oxygen atoms in total. The zero-order valence-corrected chi connectivity index (χ0v) is 10.0. The average molecular weight is 223 g/mol. The number of hydrogen-bond donors (Lipinski definition) is 1. The highest BCUT2D eigenvalue weighted by molar-refractivity contribution is 5.74. The molecule has 1 unspecified atom stereocenters. The van der Waals surface area contributed by atoms with Gasteiger partial charge in [0, 0.05) is 5.69 Å². The van der Waals surface area contributed by atoms with Gasteiger partial charge >= 0.3 is 5.97 Å². The summed E-state index contributed by atoms with van der Waals surface area (Å²) < 4.78 is 10.1. The van der Waals surface area contributed by atoms with Crippen molar-refractivity contribution in [3.63, 3.8) is 0 Å². The fraction of sp³-hybridized carbons (Fsp3) is 0.417. The van der Waals surface area contributed by atoms with Crippen molar-refractivity contribution in [2.45, 2.75) is 26.9 Å². The van der Waals surface area contributed by atoms with Crippen LogP contribution in [0.4, 0.5) is 5.69 Å². The van der Waals surface area contributed by atoms with Crippen LogP contribution in [0.15, 0.2) is 12.1 Å². The summed E-state index contributed by atoms with van der Waals surface area (Å²) in [5.74, 6) is 0.262. The van der Waals surface area contributed by atoms with E-state index in [1.165, 1.54) is 7.11 Å². The maximum atomic E-state index is 11.2. The molecule has 1 rings (SSSR count). The normalized spacial score (nSPS) is 12.0. The lowest BCUT2D eigenvalue weighted by Crippen LogP contribution is -2.25. The molecule has 0 bridgehead atoms. The molecule has 2 N–H and O–H groups in total. The van der Waals surface area contributed by atoms with E-state index in [1.807, 2.05) is 26.0 Å². The van der Waals surface area contributed by atoms with Crippen molar-refractivity contribution in [1.29, 1.82) is 0 Å². The molecule has 88 valence electrons. The molecule has 0 aliphatic heterocycles. The zero-order chi connectivity index (χ0) is 12.3. The molecule has 0 spiro atoms. The molecule has 4 heteroatoms. The molecule has 0 saturated heterocycles. The SMILES string of the molecule is COC(=O)C(C)Oc1cc(C)c(N)cc1C. The monoisotopic (exact) mass is 223 g/mol. The molecule has 16 heavy (non-hydrogen) atoms. The molecule has 0 fully saturated rings. The van der Waals surface area contributed by atoms with Crippen molar-refractivity contribution in [2.75, 3.05) is 12.8 Å². The van der Waals surface area contributed by atoms with Crippen LogP contribution in [0.3, 0.4) is 0 Å². The summed E-state index contributed by atoms with van der Waals surface area (Å²) in [6.45, 7) is 5.43. The first kappa shape index (κ1) is 12.4. The number of carbonyl (C=O) groups excluding carboxylic acids is 1. The molecular weight excluding hydrogens is 206 g/mol. The van der Waals surface area contributed by atoms with Gasteiger partial charge in [-0.25, -0.2) is 4.79 Å². The summed E-state index contributed by atoms with van der Waals surface area (Å²) in [6, 6.07) is 3.65. The standard InChI is InChI=1S/C12H17NO3/c1-7-6-11(8(2)5-10(7)13)16-9(3)12(14)15-4/h5-6,9H,13H2,1-4H3. The Morgan fingerprint density at radius 3 is 2.50 bits per heavy atom. The highest BCUT2D eigenvalue weighted by atomic mass is 16.6. The molecule has 1 aromatic carbocycles. The molecule has 1 aromatic rings. The van der Waals surface area contributed by atoms with Crippen LogP contribution in [0.1, 0.15) is 18.1 Å². The second-order valence-electron chi connectivity index (χ2n) is 3.76. The van der Waals surface area contributed by atoms with E-state index in [2.05, 4.69) is 4.74 Å². The van der Waals surface area contributed by atoms with Crippen LogP contribution < -0.4 is 10.5 Å². The number of benzene rings is 1. The van der Waals surface area contributed by atoms with E-state index >= 15 is 0 Å². The third-order valence-corrected chi connectivity index (χ3v) is 2.40. The first-order valence-corrected chi connectivity index (χ1v) is 5.07. The Balaban J connectivity index is 2.89. The number of anilines is 1. The molecule has 1 atom stereocenters.